The third kappa shape index (κ3) is 2.91. The average Bonchev–Trinajstić information content (AvgIpc) is 3.21. The lowest BCUT2D eigenvalue weighted by Crippen LogP contribution is -2.55. The summed E-state index contributed by atoms with van der Waals surface area (Å²) < 4.78 is 13.2. The fourth-order valence-electron chi connectivity index (χ4n) is 9.98. The van der Waals surface area contributed by atoms with Gasteiger partial charge in [-0.3, -0.25) is 0 Å². The fourth-order valence-corrected chi connectivity index (χ4v) is 9.98. The average molecular weight is 459 g/mol. The molecule has 0 aromatic rings. The lowest BCUT2D eigenvalue weighted by molar-refractivity contribution is -0.272. The van der Waals surface area contributed by atoms with Gasteiger partial charge in [0.25, 0.3) is 0 Å². The minimum Gasteiger partial charge on any atom is -0.478 e. The summed E-state index contributed by atoms with van der Waals surface area (Å²) in [7, 11) is 0. The van der Waals surface area contributed by atoms with Crippen LogP contribution in [0, 0.1) is 52.3 Å². The second-order valence-electron chi connectivity index (χ2n) is 13.1. The van der Waals surface area contributed by atoms with Crippen molar-refractivity contribution in [3.8, 4) is 0 Å². The minimum atomic E-state index is -0.741. The molecule has 0 unspecified atom stereocenters. The van der Waals surface area contributed by atoms with Crippen LogP contribution >= 0.6 is 0 Å². The Bertz CT molecular complexity index is 858. The number of hydrogen-bond donors (Lipinski definition) is 2. The number of allylic oxidation sites excluding steroid dienone is 1. The summed E-state index contributed by atoms with van der Waals surface area (Å²) >= 11 is 0. The molecule has 2 N–H and O–H groups in total. The molecular weight excluding hydrogens is 416 g/mol. The molecule has 2 saturated heterocycles. The Morgan fingerprint density at radius 2 is 1.88 bits per heavy atom. The summed E-state index contributed by atoms with van der Waals surface area (Å²) in [5, 5.41) is 20.9. The van der Waals surface area contributed by atoms with Crippen LogP contribution in [0.1, 0.15) is 79.1 Å². The summed E-state index contributed by atoms with van der Waals surface area (Å²) in [6.07, 6.45) is 10.1. The van der Waals surface area contributed by atoms with E-state index in [-0.39, 0.29) is 34.9 Å². The van der Waals surface area contributed by atoms with Crippen molar-refractivity contribution in [3.63, 3.8) is 0 Å². The Labute approximate surface area is 198 Å². The molecule has 184 valence electrons. The number of hydrogen-bond acceptors (Lipinski definition) is 4. The highest BCUT2D eigenvalue weighted by Gasteiger charge is 2.70. The van der Waals surface area contributed by atoms with Gasteiger partial charge < -0.3 is 19.7 Å². The van der Waals surface area contributed by atoms with Crippen LogP contribution in [0.25, 0.3) is 0 Å². The first-order chi connectivity index (χ1) is 15.6. The van der Waals surface area contributed by atoms with E-state index in [9.17, 15) is 15.0 Å². The molecular formula is C28H42O5. The molecule has 0 aromatic heterocycles. The van der Waals surface area contributed by atoms with Gasteiger partial charge in [-0.05, 0) is 80.0 Å². The van der Waals surface area contributed by atoms with Gasteiger partial charge in [0.15, 0.2) is 5.79 Å². The Morgan fingerprint density at radius 1 is 1.09 bits per heavy atom. The Hall–Kier alpha value is -0.910. The van der Waals surface area contributed by atoms with Crippen LogP contribution in [0.5, 0.6) is 0 Å². The quantitative estimate of drug-likeness (QED) is 0.577. The molecule has 0 bridgehead atoms. The summed E-state index contributed by atoms with van der Waals surface area (Å²) in [5.74, 6) is 1.33. The van der Waals surface area contributed by atoms with E-state index < -0.39 is 11.8 Å². The molecule has 6 rings (SSSR count). The number of carboxylic acid groups (broad SMARTS) is 1. The first-order valence-electron chi connectivity index (χ1n) is 13.6. The minimum absolute atomic E-state index is 0.0867. The number of rotatable bonds is 1. The van der Waals surface area contributed by atoms with Crippen LogP contribution in [-0.4, -0.2) is 40.8 Å². The van der Waals surface area contributed by atoms with Crippen molar-refractivity contribution in [2.24, 2.45) is 52.3 Å². The highest BCUT2D eigenvalue weighted by molar-refractivity contribution is 5.89. The molecule has 1 spiro atoms. The summed E-state index contributed by atoms with van der Waals surface area (Å²) in [5.41, 5.74) is 0.369. The van der Waals surface area contributed by atoms with Crippen molar-refractivity contribution in [2.75, 3.05) is 6.61 Å². The number of fused-ring (bicyclic) bond motifs is 7. The highest BCUT2D eigenvalue weighted by Crippen LogP contribution is 2.71. The molecule has 0 aromatic carbocycles. The SMILES string of the molecule is C[C@@H]1CC[C@@]2(OC1)O[C@H]1C[C@H]3[C@@H]4CC[C@H]5C[C@@H](O)CC[C@]5(C)[C@H]4C=C(C(=O)O)[C@]3(C)[C@H]1[C@@H]2C. The molecule has 2 aliphatic heterocycles. The summed E-state index contributed by atoms with van der Waals surface area (Å²) in [4.78, 5) is 12.8. The van der Waals surface area contributed by atoms with Gasteiger partial charge >= 0.3 is 5.97 Å². The van der Waals surface area contributed by atoms with Crippen molar-refractivity contribution < 1.29 is 24.5 Å². The van der Waals surface area contributed by atoms with E-state index in [0.717, 1.165) is 58.0 Å². The molecule has 5 nitrogen and oxygen atoms in total. The number of carbonyl (C=O) groups is 1. The van der Waals surface area contributed by atoms with Crippen LogP contribution in [0.15, 0.2) is 11.6 Å². The molecule has 0 radical (unpaired) electrons. The maximum atomic E-state index is 12.8. The van der Waals surface area contributed by atoms with Crippen molar-refractivity contribution in [3.05, 3.63) is 11.6 Å². The topological polar surface area (TPSA) is 76.0 Å². The van der Waals surface area contributed by atoms with E-state index in [1.807, 2.05) is 0 Å². The molecule has 3 saturated carbocycles. The predicted molar refractivity (Wildman–Crippen MR) is 124 cm³/mol. The van der Waals surface area contributed by atoms with Gasteiger partial charge in [-0.15, -0.1) is 0 Å². The number of aliphatic carboxylic acids is 1. The number of aliphatic hydroxyl groups is 1. The Morgan fingerprint density at radius 3 is 2.58 bits per heavy atom. The second-order valence-corrected chi connectivity index (χ2v) is 13.1. The fraction of sp³-hybridized carbons (Fsp3) is 0.893. The van der Waals surface area contributed by atoms with Crippen molar-refractivity contribution in [2.45, 2.75) is 97.1 Å². The zero-order valence-corrected chi connectivity index (χ0v) is 20.8. The molecule has 5 fully saturated rings. The highest BCUT2D eigenvalue weighted by atomic mass is 16.7. The lowest BCUT2D eigenvalue weighted by atomic mass is 9.45. The molecule has 4 aliphatic carbocycles. The molecule has 5 heteroatoms. The van der Waals surface area contributed by atoms with Crippen LogP contribution in [0.4, 0.5) is 0 Å². The lowest BCUT2D eigenvalue weighted by Gasteiger charge is -2.59. The maximum Gasteiger partial charge on any atom is 0.331 e. The molecule has 12 atom stereocenters. The standard InChI is InChI=1S/C28H42O5/c1-15-7-10-28(32-14-15)16(2)24-23(33-28)13-21-19-6-5-17-11-18(29)8-9-26(17,3)20(19)12-22(25(30)31)27(21,24)4/h12,15-21,23-24,29H,5-11,13-14H2,1-4H3,(H,30,31)/t15-,16+,17+,18+,19-,20+,21+,23+,24+,26+,27-,28-/m1/s1. The van der Waals surface area contributed by atoms with Gasteiger partial charge in [-0.1, -0.05) is 33.8 Å². The maximum absolute atomic E-state index is 12.8. The smallest absolute Gasteiger partial charge is 0.331 e. The Balaban J connectivity index is 1.39. The van der Waals surface area contributed by atoms with Crippen LogP contribution in [0.3, 0.4) is 0 Å². The van der Waals surface area contributed by atoms with Gasteiger partial charge in [0.2, 0.25) is 0 Å². The number of ether oxygens (including phenoxy) is 2. The molecule has 0 amide bonds. The van der Waals surface area contributed by atoms with Crippen LogP contribution < -0.4 is 0 Å². The molecule has 33 heavy (non-hydrogen) atoms. The van der Waals surface area contributed by atoms with Gasteiger partial charge in [0.1, 0.15) is 0 Å². The van der Waals surface area contributed by atoms with Crippen LogP contribution in [0.2, 0.25) is 0 Å². The van der Waals surface area contributed by atoms with Crippen molar-refractivity contribution >= 4 is 5.97 Å². The van der Waals surface area contributed by atoms with Crippen LogP contribution in [-0.2, 0) is 14.3 Å². The van der Waals surface area contributed by atoms with Crippen molar-refractivity contribution in [1.82, 2.24) is 0 Å². The third-order valence-electron chi connectivity index (χ3n) is 11.8. The Kier molecular flexibility index (Phi) is 4.99. The number of aliphatic hydroxyl groups excluding tert-OH is 1. The van der Waals surface area contributed by atoms with E-state index in [2.05, 4.69) is 33.8 Å². The van der Waals surface area contributed by atoms with Crippen molar-refractivity contribution in [1.29, 1.82) is 0 Å². The monoisotopic (exact) mass is 458 g/mol. The first-order valence-corrected chi connectivity index (χ1v) is 13.6. The molecule has 2 heterocycles. The number of carboxylic acids is 1. The summed E-state index contributed by atoms with van der Waals surface area (Å²) in [6.45, 7) is 9.88. The van der Waals surface area contributed by atoms with Gasteiger partial charge in [0, 0.05) is 29.2 Å². The van der Waals surface area contributed by atoms with E-state index in [4.69, 9.17) is 9.47 Å². The van der Waals surface area contributed by atoms with Gasteiger partial charge in [-0.25, -0.2) is 4.79 Å². The van der Waals surface area contributed by atoms with E-state index in [1.54, 1.807) is 0 Å². The largest absolute Gasteiger partial charge is 0.478 e. The summed E-state index contributed by atoms with van der Waals surface area (Å²) in [6, 6.07) is 0. The zero-order chi connectivity index (χ0) is 23.3. The predicted octanol–water partition coefficient (Wildman–Crippen LogP) is 5.02. The third-order valence-corrected chi connectivity index (χ3v) is 11.8. The van der Waals surface area contributed by atoms with Gasteiger partial charge in [-0.2, -0.15) is 0 Å². The van der Waals surface area contributed by atoms with E-state index in [1.165, 1.54) is 0 Å². The van der Waals surface area contributed by atoms with E-state index in [0.29, 0.717) is 35.2 Å². The van der Waals surface area contributed by atoms with Gasteiger partial charge in [0.05, 0.1) is 18.8 Å². The van der Waals surface area contributed by atoms with E-state index >= 15 is 0 Å². The second kappa shape index (κ2) is 7.30. The normalized spacial score (nSPS) is 57.6. The molecule has 6 aliphatic rings. The zero-order valence-electron chi connectivity index (χ0n) is 20.8. The first kappa shape index (κ1) is 22.5.